The summed E-state index contributed by atoms with van der Waals surface area (Å²) in [7, 11) is 0. The maximum Gasteiger partial charge on any atom is -0.0360 e. The molecule has 72 valence electrons. The minimum Gasteiger partial charge on any atom is -0.0654 e. The van der Waals surface area contributed by atoms with E-state index in [2.05, 4.69) is 27.7 Å². The van der Waals surface area contributed by atoms with Crippen molar-refractivity contribution in [2.24, 2.45) is 23.7 Å². The first-order valence-electron chi connectivity index (χ1n) is 5.70. The summed E-state index contributed by atoms with van der Waals surface area (Å²) in [4.78, 5) is 0. The van der Waals surface area contributed by atoms with Crippen LogP contribution in [0.5, 0.6) is 0 Å². The zero-order valence-corrected chi connectivity index (χ0v) is 9.14. The fourth-order valence-corrected chi connectivity index (χ4v) is 3.13. The lowest BCUT2D eigenvalue weighted by Gasteiger charge is -2.21. The van der Waals surface area contributed by atoms with Crippen molar-refractivity contribution in [3.05, 3.63) is 0 Å². The van der Waals surface area contributed by atoms with Gasteiger partial charge in [0.2, 0.25) is 0 Å². The van der Waals surface area contributed by atoms with E-state index in [1.807, 2.05) is 0 Å². The van der Waals surface area contributed by atoms with E-state index in [9.17, 15) is 0 Å². The Balaban J connectivity index is 2.52. The highest BCUT2D eigenvalue weighted by Crippen LogP contribution is 2.44. The fraction of sp³-hybridized carbons (Fsp3) is 1.00. The van der Waals surface area contributed by atoms with Gasteiger partial charge in [-0.2, -0.15) is 0 Å². The highest BCUT2D eigenvalue weighted by Gasteiger charge is 2.35. The molecular formula is C12H24. The van der Waals surface area contributed by atoms with Crippen molar-refractivity contribution in [1.29, 1.82) is 0 Å². The Labute approximate surface area is 77.7 Å². The average Bonchev–Trinajstić information content (AvgIpc) is 2.29. The van der Waals surface area contributed by atoms with Crippen LogP contribution in [0.15, 0.2) is 0 Å². The van der Waals surface area contributed by atoms with Gasteiger partial charge in [-0.3, -0.25) is 0 Å². The van der Waals surface area contributed by atoms with Crippen LogP contribution in [0, 0.1) is 23.7 Å². The van der Waals surface area contributed by atoms with Gasteiger partial charge >= 0.3 is 0 Å². The molecule has 0 amide bonds. The van der Waals surface area contributed by atoms with Crippen molar-refractivity contribution in [2.45, 2.75) is 53.4 Å². The van der Waals surface area contributed by atoms with Crippen LogP contribution < -0.4 is 0 Å². The van der Waals surface area contributed by atoms with Crippen LogP contribution in [-0.4, -0.2) is 0 Å². The van der Waals surface area contributed by atoms with Crippen LogP contribution in [0.25, 0.3) is 0 Å². The number of rotatable bonds is 3. The lowest BCUT2D eigenvalue weighted by molar-refractivity contribution is 0.290. The van der Waals surface area contributed by atoms with Gasteiger partial charge in [-0.05, 0) is 30.1 Å². The molecule has 0 spiro atoms. The van der Waals surface area contributed by atoms with E-state index >= 15 is 0 Å². The summed E-state index contributed by atoms with van der Waals surface area (Å²) in [5.41, 5.74) is 0. The maximum atomic E-state index is 2.45. The highest BCUT2D eigenvalue weighted by molar-refractivity contribution is 4.85. The van der Waals surface area contributed by atoms with Gasteiger partial charge < -0.3 is 0 Å². The molecule has 0 aromatic heterocycles. The predicted octanol–water partition coefficient (Wildman–Crippen LogP) is 4.10. The Morgan fingerprint density at radius 3 is 2.33 bits per heavy atom. The van der Waals surface area contributed by atoms with Crippen molar-refractivity contribution in [1.82, 2.24) is 0 Å². The van der Waals surface area contributed by atoms with Crippen LogP contribution in [0.2, 0.25) is 0 Å². The molecule has 1 aliphatic carbocycles. The van der Waals surface area contributed by atoms with Gasteiger partial charge in [-0.25, -0.2) is 0 Å². The molecule has 0 radical (unpaired) electrons. The zero-order chi connectivity index (χ0) is 9.14. The van der Waals surface area contributed by atoms with Crippen molar-refractivity contribution in [2.75, 3.05) is 0 Å². The van der Waals surface area contributed by atoms with Gasteiger partial charge in [-0.1, -0.05) is 47.0 Å². The molecule has 0 aromatic carbocycles. The van der Waals surface area contributed by atoms with Crippen LogP contribution in [0.1, 0.15) is 53.4 Å². The largest absolute Gasteiger partial charge is 0.0654 e. The Kier molecular flexibility index (Phi) is 3.61. The average molecular weight is 168 g/mol. The van der Waals surface area contributed by atoms with E-state index in [1.54, 1.807) is 0 Å². The minimum atomic E-state index is 0.978. The Morgan fingerprint density at radius 2 is 1.83 bits per heavy atom. The molecule has 0 N–H and O–H groups in total. The molecule has 0 aromatic rings. The SMILES string of the molecule is CCCC1CC(C)C(C)C1CC. The van der Waals surface area contributed by atoms with Crippen LogP contribution >= 0.6 is 0 Å². The molecule has 1 aliphatic rings. The topological polar surface area (TPSA) is 0 Å². The normalized spacial score (nSPS) is 42.0. The molecule has 1 fully saturated rings. The summed E-state index contributed by atoms with van der Waals surface area (Å²) in [6, 6.07) is 0. The van der Waals surface area contributed by atoms with E-state index in [0.29, 0.717) is 0 Å². The molecule has 0 saturated heterocycles. The van der Waals surface area contributed by atoms with Crippen molar-refractivity contribution >= 4 is 0 Å². The van der Waals surface area contributed by atoms with E-state index < -0.39 is 0 Å². The molecule has 0 heterocycles. The molecule has 0 nitrogen and oxygen atoms in total. The first-order chi connectivity index (χ1) is 5.70. The van der Waals surface area contributed by atoms with Crippen molar-refractivity contribution in [3.63, 3.8) is 0 Å². The second kappa shape index (κ2) is 4.30. The fourth-order valence-electron chi connectivity index (χ4n) is 3.13. The quantitative estimate of drug-likeness (QED) is 0.595. The third kappa shape index (κ3) is 1.84. The monoisotopic (exact) mass is 168 g/mol. The summed E-state index contributed by atoms with van der Waals surface area (Å²) in [6.45, 7) is 9.57. The molecule has 0 bridgehead atoms. The molecular weight excluding hydrogens is 144 g/mol. The molecule has 4 unspecified atom stereocenters. The van der Waals surface area contributed by atoms with E-state index in [4.69, 9.17) is 0 Å². The van der Waals surface area contributed by atoms with Gasteiger partial charge in [0.1, 0.15) is 0 Å². The highest BCUT2D eigenvalue weighted by atomic mass is 14.4. The van der Waals surface area contributed by atoms with Crippen molar-refractivity contribution < 1.29 is 0 Å². The Hall–Kier alpha value is 0. The second-order valence-electron chi connectivity index (χ2n) is 4.69. The standard InChI is InChI=1S/C12H24/c1-5-7-11-8-9(3)10(4)12(11)6-2/h9-12H,5-8H2,1-4H3. The summed E-state index contributed by atoms with van der Waals surface area (Å²) in [5.74, 6) is 4.03. The van der Waals surface area contributed by atoms with Crippen LogP contribution in [-0.2, 0) is 0 Å². The molecule has 12 heavy (non-hydrogen) atoms. The summed E-state index contributed by atoms with van der Waals surface area (Å²) in [5, 5.41) is 0. The first-order valence-corrected chi connectivity index (χ1v) is 5.70. The Bertz CT molecular complexity index is 128. The first kappa shape index (κ1) is 10.1. The smallest absolute Gasteiger partial charge is 0.0360 e. The lowest BCUT2D eigenvalue weighted by Crippen LogP contribution is -2.12. The summed E-state index contributed by atoms with van der Waals surface area (Å²) < 4.78 is 0. The van der Waals surface area contributed by atoms with Gasteiger partial charge in [-0.15, -0.1) is 0 Å². The van der Waals surface area contributed by atoms with Gasteiger partial charge in [0, 0.05) is 0 Å². The summed E-state index contributed by atoms with van der Waals surface area (Å²) >= 11 is 0. The van der Waals surface area contributed by atoms with Gasteiger partial charge in [0.05, 0.1) is 0 Å². The minimum absolute atomic E-state index is 0.978. The third-order valence-electron chi connectivity index (χ3n) is 3.98. The Morgan fingerprint density at radius 1 is 1.17 bits per heavy atom. The second-order valence-corrected chi connectivity index (χ2v) is 4.69. The molecule has 0 heteroatoms. The van der Waals surface area contributed by atoms with E-state index in [-0.39, 0.29) is 0 Å². The lowest BCUT2D eigenvalue weighted by atomic mass is 9.85. The third-order valence-corrected chi connectivity index (χ3v) is 3.98. The van der Waals surface area contributed by atoms with E-state index in [1.165, 1.54) is 25.7 Å². The van der Waals surface area contributed by atoms with Gasteiger partial charge in [0.25, 0.3) is 0 Å². The molecule has 0 aliphatic heterocycles. The van der Waals surface area contributed by atoms with Crippen molar-refractivity contribution in [3.8, 4) is 0 Å². The number of hydrogen-bond acceptors (Lipinski definition) is 0. The van der Waals surface area contributed by atoms with E-state index in [0.717, 1.165) is 23.7 Å². The zero-order valence-electron chi connectivity index (χ0n) is 9.14. The molecule has 1 rings (SSSR count). The number of hydrogen-bond donors (Lipinski definition) is 0. The molecule has 1 saturated carbocycles. The van der Waals surface area contributed by atoms with Crippen LogP contribution in [0.4, 0.5) is 0 Å². The van der Waals surface area contributed by atoms with Gasteiger partial charge in [0.15, 0.2) is 0 Å². The molecule has 4 atom stereocenters. The predicted molar refractivity (Wildman–Crippen MR) is 55.1 cm³/mol. The maximum absolute atomic E-state index is 2.45. The summed E-state index contributed by atoms with van der Waals surface area (Å²) in [6.07, 6.45) is 5.73. The van der Waals surface area contributed by atoms with Crippen LogP contribution in [0.3, 0.4) is 0 Å².